The van der Waals surface area contributed by atoms with Crippen molar-refractivity contribution in [1.29, 1.82) is 0 Å². The summed E-state index contributed by atoms with van der Waals surface area (Å²) in [5, 5.41) is 2.86. The molecule has 0 aliphatic rings. The average molecular weight is 445 g/mol. The third-order valence-electron chi connectivity index (χ3n) is 3.96. The molecule has 0 atom stereocenters. The summed E-state index contributed by atoms with van der Waals surface area (Å²) in [5.41, 5.74) is -0.288. The van der Waals surface area contributed by atoms with Crippen LogP contribution in [0.2, 0.25) is 5.02 Å². The minimum absolute atomic E-state index is 0.146. The number of nitrogens with one attached hydrogen (secondary N) is 1. The Balaban J connectivity index is 1.90. The molecule has 0 saturated heterocycles. The lowest BCUT2D eigenvalue weighted by Crippen LogP contribution is -2.39. The predicted octanol–water partition coefficient (Wildman–Crippen LogP) is 5.08. The molecular weight excluding hydrogens is 425 g/mol. The zero-order valence-corrected chi connectivity index (χ0v) is 17.2. The number of carbonyl (C=O) groups excluding carboxylic acids is 2. The van der Waals surface area contributed by atoms with E-state index in [0.29, 0.717) is 10.8 Å². The van der Waals surface area contributed by atoms with Crippen molar-refractivity contribution < 1.29 is 22.8 Å². The second kappa shape index (κ2) is 10.5. The van der Waals surface area contributed by atoms with Gasteiger partial charge in [0, 0.05) is 17.3 Å². The average Bonchev–Trinajstić information content (AvgIpc) is 2.65. The van der Waals surface area contributed by atoms with Gasteiger partial charge in [-0.05, 0) is 36.8 Å². The van der Waals surface area contributed by atoms with Crippen LogP contribution >= 0.6 is 23.4 Å². The summed E-state index contributed by atoms with van der Waals surface area (Å²) in [6.07, 6.45) is -4.58. The van der Waals surface area contributed by atoms with E-state index < -0.39 is 17.6 Å². The van der Waals surface area contributed by atoms with Gasteiger partial charge in [0.2, 0.25) is 11.8 Å². The molecule has 1 N–H and O–H groups in total. The first-order chi connectivity index (χ1) is 13.7. The number of amides is 2. The maximum Gasteiger partial charge on any atom is 0.418 e. The van der Waals surface area contributed by atoms with E-state index in [2.05, 4.69) is 5.32 Å². The van der Waals surface area contributed by atoms with Crippen molar-refractivity contribution in [3.63, 3.8) is 0 Å². The number of halogens is 4. The molecule has 0 spiro atoms. The molecule has 156 valence electrons. The first-order valence-electron chi connectivity index (χ1n) is 8.76. The molecule has 0 aromatic heterocycles. The number of hydrogen-bond acceptors (Lipinski definition) is 3. The largest absolute Gasteiger partial charge is 0.418 e. The molecule has 29 heavy (non-hydrogen) atoms. The van der Waals surface area contributed by atoms with Gasteiger partial charge in [0.25, 0.3) is 0 Å². The van der Waals surface area contributed by atoms with E-state index >= 15 is 0 Å². The highest BCUT2D eigenvalue weighted by molar-refractivity contribution is 7.99. The van der Waals surface area contributed by atoms with Gasteiger partial charge in [-0.1, -0.05) is 35.9 Å². The second-order valence-electron chi connectivity index (χ2n) is 6.12. The fraction of sp³-hybridized carbons (Fsp3) is 0.300. The van der Waals surface area contributed by atoms with Crippen LogP contribution in [-0.4, -0.2) is 35.6 Å². The summed E-state index contributed by atoms with van der Waals surface area (Å²) >= 11 is 7.30. The van der Waals surface area contributed by atoms with Crippen LogP contribution in [0.25, 0.3) is 0 Å². The fourth-order valence-corrected chi connectivity index (χ4v) is 3.64. The number of para-hydroxylation sites is 1. The van der Waals surface area contributed by atoms with Crippen LogP contribution in [0.5, 0.6) is 0 Å². The maximum atomic E-state index is 13.0. The SMILES string of the molecule is CCN(CC(=O)Nc1ccccc1C(F)(F)F)C(=O)CSCc1cccc(Cl)c1. The minimum Gasteiger partial charge on any atom is -0.333 e. The standard InChI is InChI=1S/C20H20ClF3N2O2S/c1-2-26(19(28)13-29-12-14-6-5-7-15(21)10-14)11-18(27)25-17-9-4-3-8-16(17)20(22,23)24/h3-10H,2,11-13H2,1H3,(H,25,27). The summed E-state index contributed by atoms with van der Waals surface area (Å²) in [7, 11) is 0. The first-order valence-corrected chi connectivity index (χ1v) is 10.3. The molecule has 0 bridgehead atoms. The van der Waals surface area contributed by atoms with Crippen LogP contribution in [-0.2, 0) is 21.5 Å². The topological polar surface area (TPSA) is 49.4 Å². The fourth-order valence-electron chi connectivity index (χ4n) is 2.55. The number of nitrogens with zero attached hydrogens (tertiary/aromatic N) is 1. The van der Waals surface area contributed by atoms with E-state index in [9.17, 15) is 22.8 Å². The van der Waals surface area contributed by atoms with Crippen molar-refractivity contribution in [3.8, 4) is 0 Å². The third kappa shape index (κ3) is 7.29. The van der Waals surface area contributed by atoms with Gasteiger partial charge in [-0.15, -0.1) is 11.8 Å². The Kier molecular flexibility index (Phi) is 8.40. The van der Waals surface area contributed by atoms with Gasteiger partial charge in [-0.3, -0.25) is 9.59 Å². The zero-order chi connectivity index (χ0) is 21.4. The normalized spacial score (nSPS) is 11.2. The maximum absolute atomic E-state index is 13.0. The van der Waals surface area contributed by atoms with Crippen molar-refractivity contribution in [1.82, 2.24) is 4.90 Å². The molecule has 2 rings (SSSR count). The Morgan fingerprint density at radius 1 is 1.14 bits per heavy atom. The molecule has 9 heteroatoms. The van der Waals surface area contributed by atoms with E-state index in [1.54, 1.807) is 13.0 Å². The summed E-state index contributed by atoms with van der Waals surface area (Å²) in [4.78, 5) is 25.9. The van der Waals surface area contributed by atoms with Gasteiger partial charge in [0.15, 0.2) is 0 Å². The van der Waals surface area contributed by atoms with E-state index in [4.69, 9.17) is 11.6 Å². The van der Waals surface area contributed by atoms with Crippen molar-refractivity contribution in [2.45, 2.75) is 18.9 Å². The van der Waals surface area contributed by atoms with Crippen molar-refractivity contribution in [2.24, 2.45) is 0 Å². The molecule has 0 aliphatic heterocycles. The highest BCUT2D eigenvalue weighted by atomic mass is 35.5. The Bertz CT molecular complexity index is 862. The molecule has 0 radical (unpaired) electrons. The van der Waals surface area contributed by atoms with Gasteiger partial charge < -0.3 is 10.2 Å². The minimum atomic E-state index is -4.58. The summed E-state index contributed by atoms with van der Waals surface area (Å²) < 4.78 is 39.1. The monoisotopic (exact) mass is 444 g/mol. The molecule has 2 aromatic rings. The molecule has 4 nitrogen and oxygen atoms in total. The highest BCUT2D eigenvalue weighted by Crippen LogP contribution is 2.34. The van der Waals surface area contributed by atoms with Crippen LogP contribution in [0.1, 0.15) is 18.1 Å². The number of thioether (sulfide) groups is 1. The first kappa shape index (κ1) is 23.1. The zero-order valence-electron chi connectivity index (χ0n) is 15.6. The van der Waals surface area contributed by atoms with Crippen molar-refractivity contribution >= 4 is 40.9 Å². The number of likely N-dealkylation sites (N-methyl/N-ethyl adjacent to an activating group) is 1. The number of carbonyl (C=O) groups is 2. The Morgan fingerprint density at radius 3 is 2.52 bits per heavy atom. The molecule has 0 fully saturated rings. The van der Waals surface area contributed by atoms with Crippen LogP contribution in [0.3, 0.4) is 0 Å². The van der Waals surface area contributed by atoms with E-state index in [1.165, 1.54) is 34.9 Å². The third-order valence-corrected chi connectivity index (χ3v) is 5.18. The number of benzene rings is 2. The summed E-state index contributed by atoms with van der Waals surface area (Å²) in [6, 6.07) is 12.0. The molecule has 2 aromatic carbocycles. The van der Waals surface area contributed by atoms with Crippen LogP contribution in [0.15, 0.2) is 48.5 Å². The predicted molar refractivity (Wildman–Crippen MR) is 110 cm³/mol. The molecule has 0 saturated carbocycles. The van der Waals surface area contributed by atoms with Gasteiger partial charge >= 0.3 is 6.18 Å². The number of hydrogen-bond donors (Lipinski definition) is 1. The van der Waals surface area contributed by atoms with Gasteiger partial charge in [0.05, 0.1) is 23.5 Å². The van der Waals surface area contributed by atoms with Gasteiger partial charge in [0.1, 0.15) is 0 Å². The van der Waals surface area contributed by atoms with Crippen LogP contribution in [0.4, 0.5) is 18.9 Å². The van der Waals surface area contributed by atoms with Crippen LogP contribution in [0, 0.1) is 0 Å². The quantitative estimate of drug-likeness (QED) is 0.617. The summed E-state index contributed by atoms with van der Waals surface area (Å²) in [5.74, 6) is -0.225. The lowest BCUT2D eigenvalue weighted by atomic mass is 10.1. The lowest BCUT2D eigenvalue weighted by molar-refractivity contribution is -0.137. The highest BCUT2D eigenvalue weighted by Gasteiger charge is 2.33. The molecule has 2 amide bonds. The Labute approximate surface area is 176 Å². The van der Waals surface area contributed by atoms with Crippen molar-refractivity contribution in [3.05, 3.63) is 64.7 Å². The number of anilines is 1. The van der Waals surface area contributed by atoms with Crippen LogP contribution < -0.4 is 5.32 Å². The van der Waals surface area contributed by atoms with Gasteiger partial charge in [-0.25, -0.2) is 0 Å². The van der Waals surface area contributed by atoms with Gasteiger partial charge in [-0.2, -0.15) is 13.2 Å². The molecule has 0 unspecified atom stereocenters. The molecule has 0 heterocycles. The lowest BCUT2D eigenvalue weighted by Gasteiger charge is -2.21. The summed E-state index contributed by atoms with van der Waals surface area (Å²) in [6.45, 7) is 1.65. The van der Waals surface area contributed by atoms with E-state index in [1.807, 2.05) is 18.2 Å². The molecule has 0 aliphatic carbocycles. The molecular formula is C20H20ClF3N2O2S. The Morgan fingerprint density at radius 2 is 1.86 bits per heavy atom. The number of rotatable bonds is 8. The Hall–Kier alpha value is -2.19. The second-order valence-corrected chi connectivity index (χ2v) is 7.54. The van der Waals surface area contributed by atoms with E-state index in [-0.39, 0.29) is 30.4 Å². The number of alkyl halides is 3. The smallest absolute Gasteiger partial charge is 0.333 e. The van der Waals surface area contributed by atoms with Crippen molar-refractivity contribution in [2.75, 3.05) is 24.2 Å². The van der Waals surface area contributed by atoms with E-state index in [0.717, 1.165) is 11.6 Å².